The van der Waals surface area contributed by atoms with E-state index in [0.717, 1.165) is 19.0 Å². The number of carbonyl (C=O) groups is 1. The normalized spacial score (nSPS) is 16.6. The van der Waals surface area contributed by atoms with Gasteiger partial charge in [0.05, 0.1) is 0 Å². The summed E-state index contributed by atoms with van der Waals surface area (Å²) in [4.78, 5) is 24.8. The number of hydrogen-bond donors (Lipinski definition) is 3. The molecule has 1 unspecified atom stereocenters. The molecule has 0 aliphatic carbocycles. The number of benzene rings is 1. The maximum atomic E-state index is 13.4. The van der Waals surface area contributed by atoms with E-state index in [1.165, 1.54) is 24.3 Å². The van der Waals surface area contributed by atoms with Crippen LogP contribution in [0.1, 0.15) is 36.3 Å². The first-order valence-corrected chi connectivity index (χ1v) is 9.95. The minimum atomic E-state index is -4.82. The summed E-state index contributed by atoms with van der Waals surface area (Å²) in [5.41, 5.74) is 1.90. The predicted molar refractivity (Wildman–Crippen MR) is 110 cm³/mol. The molecule has 1 aromatic carbocycles. The summed E-state index contributed by atoms with van der Waals surface area (Å²) in [6, 6.07) is 6.69. The zero-order chi connectivity index (χ0) is 23.0. The van der Waals surface area contributed by atoms with Gasteiger partial charge in [-0.3, -0.25) is 9.59 Å². The number of ether oxygens (including phenoxy) is 2. The summed E-state index contributed by atoms with van der Waals surface area (Å²) in [6.45, 7) is 6.46. The van der Waals surface area contributed by atoms with Gasteiger partial charge in [0.25, 0.3) is 11.5 Å². The van der Waals surface area contributed by atoms with E-state index in [9.17, 15) is 22.8 Å². The van der Waals surface area contributed by atoms with Gasteiger partial charge in [0.1, 0.15) is 29.7 Å². The van der Waals surface area contributed by atoms with Crippen LogP contribution >= 0.6 is 0 Å². The van der Waals surface area contributed by atoms with Crippen LogP contribution in [0.25, 0.3) is 11.1 Å². The molecule has 4 N–H and O–H groups in total. The fraction of sp³-hybridized carbons (Fsp3) is 0.429. The van der Waals surface area contributed by atoms with Crippen molar-refractivity contribution in [3.05, 3.63) is 51.9 Å². The number of pyridine rings is 1. The summed E-state index contributed by atoms with van der Waals surface area (Å²) < 4.78 is 51.3. The Hall–Kier alpha value is -2.85. The van der Waals surface area contributed by atoms with Crippen molar-refractivity contribution in [2.45, 2.75) is 32.5 Å². The molecule has 0 spiro atoms. The summed E-state index contributed by atoms with van der Waals surface area (Å²) in [7, 11) is 0. The smallest absolute Gasteiger partial charge is 0.431 e. The fourth-order valence-corrected chi connectivity index (χ4v) is 2.96. The third kappa shape index (κ3) is 6.56. The molecule has 1 saturated heterocycles. The van der Waals surface area contributed by atoms with Gasteiger partial charge in [-0.2, -0.15) is 13.2 Å². The van der Waals surface area contributed by atoms with Gasteiger partial charge < -0.3 is 25.5 Å². The molecular weight excluding hydrogens is 415 g/mol. The van der Waals surface area contributed by atoms with Crippen LogP contribution in [0.2, 0.25) is 0 Å². The topological polar surface area (TPSA) is 106 Å². The second kappa shape index (κ2) is 11.0. The molecule has 1 aromatic heterocycles. The molecule has 7 nitrogen and oxygen atoms in total. The predicted octanol–water partition coefficient (Wildman–Crippen LogP) is 2.94. The van der Waals surface area contributed by atoms with Crippen LogP contribution in [0.3, 0.4) is 0 Å². The van der Waals surface area contributed by atoms with Gasteiger partial charge in [0.2, 0.25) is 0 Å². The lowest BCUT2D eigenvalue weighted by Gasteiger charge is -2.17. The highest BCUT2D eigenvalue weighted by Gasteiger charge is 2.36. The van der Waals surface area contributed by atoms with Crippen molar-refractivity contribution >= 4 is 5.91 Å². The third-order valence-electron chi connectivity index (χ3n) is 4.41. The summed E-state index contributed by atoms with van der Waals surface area (Å²) in [5, 5.41) is 3.23. The number of H-pyrrole nitrogens is 1. The molecule has 1 amide bonds. The molecule has 0 bridgehead atoms. The number of rotatable bonds is 5. The number of hydrogen-bond acceptors (Lipinski definition) is 5. The molecule has 0 saturated carbocycles. The first-order valence-electron chi connectivity index (χ1n) is 9.95. The summed E-state index contributed by atoms with van der Waals surface area (Å²) >= 11 is 0. The van der Waals surface area contributed by atoms with Crippen molar-refractivity contribution < 1.29 is 27.4 Å². The zero-order valence-electron chi connectivity index (χ0n) is 17.3. The number of carbonyl (C=O) groups excluding carboxylic acids is 1. The number of aromatic nitrogens is 1. The largest absolute Gasteiger partial charge is 0.491 e. The number of amides is 1. The van der Waals surface area contributed by atoms with Gasteiger partial charge in [-0.15, -0.1) is 0 Å². The molecule has 1 fully saturated rings. The molecule has 1 atom stereocenters. The lowest BCUT2D eigenvalue weighted by Crippen LogP contribution is -2.31. The van der Waals surface area contributed by atoms with Crippen molar-refractivity contribution in [3.8, 4) is 16.9 Å². The van der Waals surface area contributed by atoms with Crippen molar-refractivity contribution in [2.75, 3.05) is 26.3 Å². The number of halogens is 3. The highest BCUT2D eigenvalue weighted by molar-refractivity contribution is 5.93. The second-order valence-corrected chi connectivity index (χ2v) is 6.55. The van der Waals surface area contributed by atoms with Crippen molar-refractivity contribution in [1.82, 2.24) is 10.3 Å². The van der Waals surface area contributed by atoms with Crippen molar-refractivity contribution in [1.29, 1.82) is 0 Å². The van der Waals surface area contributed by atoms with E-state index in [1.54, 1.807) is 4.98 Å². The van der Waals surface area contributed by atoms with Gasteiger partial charge in [0, 0.05) is 18.7 Å². The highest BCUT2D eigenvalue weighted by atomic mass is 19.4. The van der Waals surface area contributed by atoms with Crippen molar-refractivity contribution in [2.24, 2.45) is 5.73 Å². The monoisotopic (exact) mass is 441 g/mol. The van der Waals surface area contributed by atoms with E-state index in [-0.39, 0.29) is 17.2 Å². The van der Waals surface area contributed by atoms with Gasteiger partial charge in [-0.1, -0.05) is 26.0 Å². The van der Waals surface area contributed by atoms with Crippen LogP contribution in [-0.4, -0.2) is 43.3 Å². The first-order chi connectivity index (χ1) is 14.8. The van der Waals surface area contributed by atoms with Gasteiger partial charge in [0.15, 0.2) is 0 Å². The Morgan fingerprint density at radius 1 is 1.26 bits per heavy atom. The number of primary amides is 1. The number of alkyl halides is 3. The Bertz CT molecular complexity index is 919. The Morgan fingerprint density at radius 2 is 1.94 bits per heavy atom. The molecule has 170 valence electrons. The second-order valence-electron chi connectivity index (χ2n) is 6.55. The summed E-state index contributed by atoms with van der Waals surface area (Å²) in [5.74, 6) is -0.659. The van der Waals surface area contributed by atoms with Gasteiger partial charge >= 0.3 is 6.18 Å². The average molecular weight is 441 g/mol. The van der Waals surface area contributed by atoms with Crippen LogP contribution in [0.4, 0.5) is 13.2 Å². The van der Waals surface area contributed by atoms with Crippen LogP contribution in [0.15, 0.2) is 35.1 Å². The minimum absolute atomic E-state index is 0.119. The molecule has 31 heavy (non-hydrogen) atoms. The van der Waals surface area contributed by atoms with E-state index in [1.807, 2.05) is 13.8 Å². The van der Waals surface area contributed by atoms with Crippen LogP contribution in [-0.2, 0) is 10.9 Å². The van der Waals surface area contributed by atoms with Gasteiger partial charge in [-0.25, -0.2) is 0 Å². The molecule has 2 heterocycles. The summed E-state index contributed by atoms with van der Waals surface area (Å²) in [6.07, 6.45) is -4.02. The standard InChI is InChI=1S/C19H20F3N3O4.C2H6/c20-19(21,22)16-14(8-15(17(23)26)18(27)25-16)11-2-4-12(5-3-11)29-10-13-9-24-6-1-7-28-13;1-2/h2-5,8,13,24H,1,6-7,9-10H2,(H2,23,26)(H,25,27);1-2H3. The minimum Gasteiger partial charge on any atom is -0.491 e. The lowest BCUT2D eigenvalue weighted by atomic mass is 10.0. The zero-order valence-corrected chi connectivity index (χ0v) is 17.3. The first kappa shape index (κ1) is 24.4. The SMILES string of the molecule is CC.NC(=O)c1cc(-c2ccc(OCC3CNCCCO3)cc2)c(C(F)(F)F)[nH]c1=O. The fourth-order valence-electron chi connectivity index (χ4n) is 2.96. The molecule has 1 aliphatic heterocycles. The number of nitrogens with one attached hydrogen (secondary N) is 2. The highest BCUT2D eigenvalue weighted by Crippen LogP contribution is 2.35. The van der Waals surface area contributed by atoms with Crippen LogP contribution in [0.5, 0.6) is 5.75 Å². The molecule has 10 heteroatoms. The van der Waals surface area contributed by atoms with E-state index in [0.29, 0.717) is 25.5 Å². The molecule has 0 radical (unpaired) electrons. The van der Waals surface area contributed by atoms with Crippen molar-refractivity contribution in [3.63, 3.8) is 0 Å². The molecule has 2 aromatic rings. The van der Waals surface area contributed by atoms with E-state index < -0.39 is 28.9 Å². The van der Waals surface area contributed by atoms with E-state index >= 15 is 0 Å². The maximum Gasteiger partial charge on any atom is 0.431 e. The molecule has 1 aliphatic rings. The Morgan fingerprint density at radius 3 is 2.55 bits per heavy atom. The Balaban J connectivity index is 0.00000166. The van der Waals surface area contributed by atoms with Crippen LogP contribution in [0, 0.1) is 0 Å². The van der Waals surface area contributed by atoms with Gasteiger partial charge in [-0.05, 0) is 36.7 Å². The quantitative estimate of drug-likeness (QED) is 0.662. The van der Waals surface area contributed by atoms with E-state index in [2.05, 4.69) is 5.32 Å². The number of aromatic amines is 1. The Kier molecular flexibility index (Phi) is 8.64. The number of nitrogens with two attached hydrogens (primary N) is 1. The van der Waals surface area contributed by atoms with Crippen LogP contribution < -0.4 is 21.3 Å². The molecule has 3 rings (SSSR count). The molecular formula is C21H26F3N3O4. The Labute approximate surface area is 177 Å². The maximum absolute atomic E-state index is 13.4. The lowest BCUT2D eigenvalue weighted by molar-refractivity contribution is -0.140. The third-order valence-corrected chi connectivity index (χ3v) is 4.41. The van der Waals surface area contributed by atoms with E-state index in [4.69, 9.17) is 15.2 Å². The average Bonchev–Trinajstić information content (AvgIpc) is 3.02.